The van der Waals surface area contributed by atoms with Crippen molar-refractivity contribution in [3.63, 3.8) is 0 Å². The van der Waals surface area contributed by atoms with E-state index in [-0.39, 0.29) is 5.91 Å². The Hall–Kier alpha value is -1.60. The first-order valence-electron chi connectivity index (χ1n) is 6.95. The first kappa shape index (κ1) is 14.3. The van der Waals surface area contributed by atoms with Gasteiger partial charge in [-0.3, -0.25) is 4.79 Å². The molecule has 0 radical (unpaired) electrons. The fourth-order valence-corrected chi connectivity index (χ4v) is 3.55. The number of benzene rings is 1. The van der Waals surface area contributed by atoms with E-state index in [0.717, 1.165) is 17.7 Å². The Bertz CT molecular complexity index is 664. The zero-order valence-corrected chi connectivity index (χ0v) is 12.7. The molecule has 0 unspecified atom stereocenters. The monoisotopic (exact) mass is 310 g/mol. The summed E-state index contributed by atoms with van der Waals surface area (Å²) >= 11 is 0. The molecule has 1 aromatic carbocycles. The van der Waals surface area contributed by atoms with Crippen LogP contribution in [0.5, 0.6) is 5.75 Å². The van der Waals surface area contributed by atoms with Crippen molar-refractivity contribution in [2.75, 3.05) is 39.0 Å². The zero-order chi connectivity index (χ0) is 15.0. The van der Waals surface area contributed by atoms with Crippen LogP contribution in [0.4, 0.5) is 0 Å². The van der Waals surface area contributed by atoms with Crippen molar-refractivity contribution in [1.29, 1.82) is 0 Å². The van der Waals surface area contributed by atoms with E-state index >= 15 is 0 Å². The predicted octanol–water partition coefficient (Wildman–Crippen LogP) is 0.339. The standard InChI is InChI=1S/C14H18N2O4S/c1-21(18,19)16-7-5-15(6-8-16)14(17)12-2-3-13-11(10-12)4-9-20-13/h2-3,10H,4-9H2,1H3. The van der Waals surface area contributed by atoms with Gasteiger partial charge in [0.1, 0.15) is 5.75 Å². The van der Waals surface area contributed by atoms with Crippen molar-refractivity contribution in [1.82, 2.24) is 9.21 Å². The molecule has 1 fully saturated rings. The molecule has 2 aliphatic rings. The number of fused-ring (bicyclic) bond motifs is 1. The number of carbonyl (C=O) groups is 1. The van der Waals surface area contributed by atoms with Crippen LogP contribution in [-0.2, 0) is 16.4 Å². The highest BCUT2D eigenvalue weighted by Crippen LogP contribution is 2.26. The van der Waals surface area contributed by atoms with Gasteiger partial charge in [0.05, 0.1) is 12.9 Å². The summed E-state index contributed by atoms with van der Waals surface area (Å²) in [5.41, 5.74) is 1.71. The summed E-state index contributed by atoms with van der Waals surface area (Å²) < 4.78 is 29.8. The lowest BCUT2D eigenvalue weighted by Crippen LogP contribution is -2.50. The lowest BCUT2D eigenvalue weighted by atomic mass is 10.1. The van der Waals surface area contributed by atoms with Crippen molar-refractivity contribution in [3.05, 3.63) is 29.3 Å². The number of nitrogens with zero attached hydrogens (tertiary/aromatic N) is 2. The van der Waals surface area contributed by atoms with Crippen LogP contribution in [0.2, 0.25) is 0 Å². The predicted molar refractivity (Wildman–Crippen MR) is 78.0 cm³/mol. The number of carbonyl (C=O) groups excluding carboxylic acids is 1. The molecule has 1 aromatic rings. The van der Waals surface area contributed by atoms with E-state index in [9.17, 15) is 13.2 Å². The number of rotatable bonds is 2. The topological polar surface area (TPSA) is 66.9 Å². The Kier molecular flexibility index (Phi) is 3.62. The quantitative estimate of drug-likeness (QED) is 0.790. The molecule has 1 amide bonds. The summed E-state index contributed by atoms with van der Waals surface area (Å²) in [6, 6.07) is 5.49. The molecule has 1 saturated heterocycles. The Labute approximate surface area is 124 Å². The minimum Gasteiger partial charge on any atom is -0.493 e. The van der Waals surface area contributed by atoms with Crippen molar-refractivity contribution in [2.24, 2.45) is 0 Å². The van der Waals surface area contributed by atoms with Gasteiger partial charge in [-0.2, -0.15) is 4.31 Å². The summed E-state index contributed by atoms with van der Waals surface area (Å²) in [4.78, 5) is 14.2. The number of hydrogen-bond donors (Lipinski definition) is 0. The van der Waals surface area contributed by atoms with Crippen molar-refractivity contribution >= 4 is 15.9 Å². The fraction of sp³-hybridized carbons (Fsp3) is 0.500. The van der Waals surface area contributed by atoms with Gasteiger partial charge in [-0.15, -0.1) is 0 Å². The minimum atomic E-state index is -3.17. The number of ether oxygens (including phenoxy) is 1. The fourth-order valence-electron chi connectivity index (χ4n) is 2.73. The lowest BCUT2D eigenvalue weighted by Gasteiger charge is -2.33. The molecule has 6 nitrogen and oxygen atoms in total. The van der Waals surface area contributed by atoms with Crippen molar-refractivity contribution < 1.29 is 17.9 Å². The molecule has 0 atom stereocenters. The highest BCUT2D eigenvalue weighted by Gasteiger charge is 2.27. The molecule has 0 aliphatic carbocycles. The molecular formula is C14H18N2O4S. The van der Waals surface area contributed by atoms with E-state index in [1.54, 1.807) is 11.0 Å². The molecule has 114 valence electrons. The van der Waals surface area contributed by atoms with Crippen molar-refractivity contribution in [3.8, 4) is 5.75 Å². The van der Waals surface area contributed by atoms with Gasteiger partial charge in [0.15, 0.2) is 0 Å². The Morgan fingerprint density at radius 3 is 2.57 bits per heavy atom. The van der Waals surface area contributed by atoms with E-state index < -0.39 is 10.0 Å². The van der Waals surface area contributed by atoms with Gasteiger partial charge < -0.3 is 9.64 Å². The maximum Gasteiger partial charge on any atom is 0.253 e. The molecule has 0 aromatic heterocycles. The van der Waals surface area contributed by atoms with Crippen LogP contribution in [0.3, 0.4) is 0 Å². The summed E-state index contributed by atoms with van der Waals surface area (Å²) in [6.45, 7) is 2.25. The maximum absolute atomic E-state index is 12.5. The highest BCUT2D eigenvalue weighted by atomic mass is 32.2. The molecule has 2 aliphatic heterocycles. The van der Waals surface area contributed by atoms with Gasteiger partial charge in [0, 0.05) is 38.2 Å². The molecular weight excluding hydrogens is 292 g/mol. The number of sulfonamides is 1. The molecule has 21 heavy (non-hydrogen) atoms. The van der Waals surface area contributed by atoms with Gasteiger partial charge in [-0.05, 0) is 23.8 Å². The second kappa shape index (κ2) is 5.31. The largest absolute Gasteiger partial charge is 0.493 e. The lowest BCUT2D eigenvalue weighted by molar-refractivity contribution is 0.0698. The summed E-state index contributed by atoms with van der Waals surface area (Å²) in [7, 11) is -3.17. The first-order chi connectivity index (χ1) is 9.95. The van der Waals surface area contributed by atoms with Crippen LogP contribution in [0.15, 0.2) is 18.2 Å². The van der Waals surface area contributed by atoms with E-state index in [1.165, 1.54) is 10.6 Å². The number of piperazine rings is 1. The van der Waals surface area contributed by atoms with Crippen LogP contribution < -0.4 is 4.74 Å². The molecule has 0 spiro atoms. The third-order valence-corrected chi connectivity index (χ3v) is 5.23. The van der Waals surface area contributed by atoms with E-state index in [1.807, 2.05) is 12.1 Å². The smallest absolute Gasteiger partial charge is 0.253 e. The van der Waals surface area contributed by atoms with Gasteiger partial charge in [-0.25, -0.2) is 8.42 Å². The van der Waals surface area contributed by atoms with Crippen LogP contribution >= 0.6 is 0 Å². The second-order valence-corrected chi connectivity index (χ2v) is 7.36. The molecule has 0 bridgehead atoms. The van der Waals surface area contributed by atoms with E-state index in [2.05, 4.69) is 0 Å². The average Bonchev–Trinajstić information content (AvgIpc) is 2.93. The Morgan fingerprint density at radius 2 is 1.90 bits per heavy atom. The highest BCUT2D eigenvalue weighted by molar-refractivity contribution is 7.88. The van der Waals surface area contributed by atoms with E-state index in [0.29, 0.717) is 38.3 Å². The van der Waals surface area contributed by atoms with Crippen LogP contribution in [-0.4, -0.2) is 62.6 Å². The second-order valence-electron chi connectivity index (χ2n) is 5.38. The normalized spacial score (nSPS) is 19.2. The maximum atomic E-state index is 12.5. The van der Waals surface area contributed by atoms with Crippen LogP contribution in [0.25, 0.3) is 0 Å². The minimum absolute atomic E-state index is 0.0437. The number of hydrogen-bond acceptors (Lipinski definition) is 4. The molecule has 3 rings (SSSR count). The third kappa shape index (κ3) is 2.89. The van der Waals surface area contributed by atoms with Gasteiger partial charge in [0.25, 0.3) is 5.91 Å². The third-order valence-electron chi connectivity index (χ3n) is 3.93. The van der Waals surface area contributed by atoms with Gasteiger partial charge in [-0.1, -0.05) is 0 Å². The van der Waals surface area contributed by atoms with Crippen LogP contribution in [0, 0.1) is 0 Å². The summed E-state index contributed by atoms with van der Waals surface area (Å²) in [5, 5.41) is 0. The SMILES string of the molecule is CS(=O)(=O)N1CCN(C(=O)c2ccc3c(c2)CCO3)CC1. The van der Waals surface area contributed by atoms with Gasteiger partial charge in [0.2, 0.25) is 10.0 Å². The average molecular weight is 310 g/mol. The molecule has 2 heterocycles. The molecule has 0 saturated carbocycles. The summed E-state index contributed by atoms with van der Waals surface area (Å²) in [6.07, 6.45) is 2.03. The van der Waals surface area contributed by atoms with E-state index in [4.69, 9.17) is 4.74 Å². The zero-order valence-electron chi connectivity index (χ0n) is 11.9. The Balaban J connectivity index is 1.70. The first-order valence-corrected chi connectivity index (χ1v) is 8.80. The number of amides is 1. The van der Waals surface area contributed by atoms with Crippen molar-refractivity contribution in [2.45, 2.75) is 6.42 Å². The molecule has 0 N–H and O–H groups in total. The Morgan fingerprint density at radius 1 is 1.19 bits per heavy atom. The summed E-state index contributed by atoms with van der Waals surface area (Å²) in [5.74, 6) is 0.811. The molecule has 7 heteroatoms. The van der Waals surface area contributed by atoms with Gasteiger partial charge >= 0.3 is 0 Å². The van der Waals surface area contributed by atoms with Crippen LogP contribution in [0.1, 0.15) is 15.9 Å².